The summed E-state index contributed by atoms with van der Waals surface area (Å²) >= 11 is 0. The molecular weight excluding hydrogens is 314 g/mol. The van der Waals surface area contributed by atoms with Gasteiger partial charge < -0.3 is 15.0 Å². The van der Waals surface area contributed by atoms with Crippen LogP contribution in [0, 0.1) is 0 Å². The second-order valence-electron chi connectivity index (χ2n) is 7.44. The average Bonchev–Trinajstić information content (AvgIpc) is 3.30. The topological polar surface area (TPSA) is 44.8 Å². The SMILES string of the molecule is C[C@H](C(=O)NC[C@@H]1CCCO1)N1CCC[C@H]1c1cccc(N(C)C)c1. The molecule has 5 heteroatoms. The number of anilines is 1. The van der Waals surface area contributed by atoms with Crippen molar-refractivity contribution in [2.45, 2.75) is 50.8 Å². The van der Waals surface area contributed by atoms with E-state index in [2.05, 4.69) is 53.5 Å². The highest BCUT2D eigenvalue weighted by atomic mass is 16.5. The smallest absolute Gasteiger partial charge is 0.237 e. The maximum atomic E-state index is 12.6. The van der Waals surface area contributed by atoms with Crippen molar-refractivity contribution in [1.82, 2.24) is 10.2 Å². The number of carbonyl (C=O) groups excluding carboxylic acids is 1. The van der Waals surface area contributed by atoms with Gasteiger partial charge in [0.15, 0.2) is 0 Å². The van der Waals surface area contributed by atoms with Gasteiger partial charge in [-0.3, -0.25) is 9.69 Å². The van der Waals surface area contributed by atoms with Gasteiger partial charge in [-0.05, 0) is 56.8 Å². The Morgan fingerprint density at radius 1 is 1.36 bits per heavy atom. The lowest BCUT2D eigenvalue weighted by Gasteiger charge is -2.31. The summed E-state index contributed by atoms with van der Waals surface area (Å²) in [5, 5.41) is 3.09. The van der Waals surface area contributed by atoms with Gasteiger partial charge in [-0.2, -0.15) is 0 Å². The molecule has 2 heterocycles. The van der Waals surface area contributed by atoms with Crippen LogP contribution in [0.2, 0.25) is 0 Å². The van der Waals surface area contributed by atoms with Crippen LogP contribution in [0.1, 0.15) is 44.2 Å². The van der Waals surface area contributed by atoms with Crippen LogP contribution < -0.4 is 10.2 Å². The number of rotatable bonds is 6. The Morgan fingerprint density at radius 3 is 2.92 bits per heavy atom. The normalized spacial score (nSPS) is 25.1. The van der Waals surface area contributed by atoms with Gasteiger partial charge in [0, 0.05) is 39.0 Å². The Bertz CT molecular complexity index is 584. The Balaban J connectivity index is 1.63. The molecule has 3 rings (SSSR count). The van der Waals surface area contributed by atoms with Crippen LogP contribution >= 0.6 is 0 Å². The summed E-state index contributed by atoms with van der Waals surface area (Å²) in [7, 11) is 4.12. The molecule has 138 valence electrons. The zero-order chi connectivity index (χ0) is 17.8. The number of likely N-dealkylation sites (tertiary alicyclic amines) is 1. The van der Waals surface area contributed by atoms with Gasteiger partial charge in [0.25, 0.3) is 0 Å². The molecule has 1 N–H and O–H groups in total. The highest BCUT2D eigenvalue weighted by Gasteiger charge is 2.33. The van der Waals surface area contributed by atoms with Crippen molar-refractivity contribution in [2.75, 3.05) is 38.7 Å². The largest absolute Gasteiger partial charge is 0.378 e. The molecule has 0 aliphatic carbocycles. The number of benzene rings is 1. The van der Waals surface area contributed by atoms with Crippen LogP contribution in [0.25, 0.3) is 0 Å². The lowest BCUT2D eigenvalue weighted by atomic mass is 10.0. The molecule has 0 unspecified atom stereocenters. The molecule has 1 aromatic rings. The summed E-state index contributed by atoms with van der Waals surface area (Å²) in [6.45, 7) is 4.47. The molecule has 2 aliphatic heterocycles. The lowest BCUT2D eigenvalue weighted by Crippen LogP contribution is -2.46. The monoisotopic (exact) mass is 345 g/mol. The lowest BCUT2D eigenvalue weighted by molar-refractivity contribution is -0.126. The molecule has 1 aromatic carbocycles. The van der Waals surface area contributed by atoms with Crippen molar-refractivity contribution in [3.8, 4) is 0 Å². The first-order chi connectivity index (χ1) is 12.1. The predicted molar refractivity (Wildman–Crippen MR) is 101 cm³/mol. The third-order valence-electron chi connectivity index (χ3n) is 5.47. The minimum Gasteiger partial charge on any atom is -0.378 e. The van der Waals surface area contributed by atoms with Gasteiger partial charge in [0.05, 0.1) is 12.1 Å². The highest BCUT2D eigenvalue weighted by molar-refractivity contribution is 5.81. The number of ether oxygens (including phenoxy) is 1. The molecule has 0 spiro atoms. The third-order valence-corrected chi connectivity index (χ3v) is 5.47. The molecule has 1 amide bonds. The van der Waals surface area contributed by atoms with Crippen molar-refractivity contribution in [1.29, 1.82) is 0 Å². The van der Waals surface area contributed by atoms with E-state index in [4.69, 9.17) is 4.74 Å². The van der Waals surface area contributed by atoms with E-state index in [1.807, 2.05) is 6.92 Å². The first kappa shape index (κ1) is 18.2. The average molecular weight is 345 g/mol. The molecule has 25 heavy (non-hydrogen) atoms. The van der Waals surface area contributed by atoms with Crippen LogP contribution in [0.3, 0.4) is 0 Å². The molecule has 0 aromatic heterocycles. The van der Waals surface area contributed by atoms with Crippen molar-refractivity contribution < 1.29 is 9.53 Å². The minimum absolute atomic E-state index is 0.114. The minimum atomic E-state index is -0.114. The Morgan fingerprint density at radius 2 is 2.20 bits per heavy atom. The number of carbonyl (C=O) groups is 1. The van der Waals surface area contributed by atoms with Crippen molar-refractivity contribution in [3.63, 3.8) is 0 Å². The van der Waals surface area contributed by atoms with E-state index in [1.54, 1.807) is 0 Å². The second-order valence-corrected chi connectivity index (χ2v) is 7.44. The zero-order valence-electron chi connectivity index (χ0n) is 15.7. The van der Waals surface area contributed by atoms with Gasteiger partial charge in [-0.1, -0.05) is 12.1 Å². The van der Waals surface area contributed by atoms with Crippen LogP contribution in [0.15, 0.2) is 24.3 Å². The molecular formula is C20H31N3O2. The fraction of sp³-hybridized carbons (Fsp3) is 0.650. The zero-order valence-corrected chi connectivity index (χ0v) is 15.7. The molecule has 3 atom stereocenters. The first-order valence-electron chi connectivity index (χ1n) is 9.48. The van der Waals surface area contributed by atoms with E-state index in [0.29, 0.717) is 12.6 Å². The molecule has 2 saturated heterocycles. The van der Waals surface area contributed by atoms with E-state index in [9.17, 15) is 4.79 Å². The van der Waals surface area contributed by atoms with Crippen LogP contribution in [0.5, 0.6) is 0 Å². The van der Waals surface area contributed by atoms with E-state index in [-0.39, 0.29) is 18.1 Å². The van der Waals surface area contributed by atoms with Crippen molar-refractivity contribution in [2.24, 2.45) is 0 Å². The fourth-order valence-electron chi connectivity index (χ4n) is 3.94. The summed E-state index contributed by atoms with van der Waals surface area (Å²) in [5.41, 5.74) is 2.52. The molecule has 0 bridgehead atoms. The molecule has 2 aliphatic rings. The summed E-state index contributed by atoms with van der Waals surface area (Å²) in [4.78, 5) is 17.1. The summed E-state index contributed by atoms with van der Waals surface area (Å²) in [6, 6.07) is 8.89. The van der Waals surface area contributed by atoms with E-state index in [1.165, 1.54) is 11.3 Å². The summed E-state index contributed by atoms with van der Waals surface area (Å²) in [5.74, 6) is 0.117. The number of nitrogens with one attached hydrogen (secondary N) is 1. The van der Waals surface area contributed by atoms with Gasteiger partial charge in [0.2, 0.25) is 5.91 Å². The fourth-order valence-corrected chi connectivity index (χ4v) is 3.94. The number of hydrogen-bond donors (Lipinski definition) is 1. The predicted octanol–water partition coefficient (Wildman–Crippen LogP) is 2.57. The quantitative estimate of drug-likeness (QED) is 0.861. The van der Waals surface area contributed by atoms with Crippen LogP contribution in [-0.4, -0.2) is 56.7 Å². The Kier molecular flexibility index (Phi) is 5.97. The highest BCUT2D eigenvalue weighted by Crippen LogP contribution is 2.34. The van der Waals surface area contributed by atoms with E-state index >= 15 is 0 Å². The van der Waals surface area contributed by atoms with Gasteiger partial charge >= 0.3 is 0 Å². The number of nitrogens with zero attached hydrogens (tertiary/aromatic N) is 2. The summed E-state index contributed by atoms with van der Waals surface area (Å²) in [6.07, 6.45) is 4.60. The Hall–Kier alpha value is -1.59. The number of hydrogen-bond acceptors (Lipinski definition) is 4. The van der Waals surface area contributed by atoms with E-state index in [0.717, 1.165) is 38.8 Å². The van der Waals surface area contributed by atoms with Crippen LogP contribution in [0.4, 0.5) is 5.69 Å². The standard InChI is InChI=1S/C20H31N3O2/c1-15(20(24)21-14-18-9-6-12-25-18)23-11-5-10-19(23)16-7-4-8-17(13-16)22(2)3/h4,7-8,13,15,18-19H,5-6,9-12,14H2,1-3H3,(H,21,24)/t15-,18+,19+/m1/s1. The second kappa shape index (κ2) is 8.19. The molecule has 5 nitrogen and oxygen atoms in total. The van der Waals surface area contributed by atoms with E-state index < -0.39 is 0 Å². The van der Waals surface area contributed by atoms with Gasteiger partial charge in [-0.25, -0.2) is 0 Å². The summed E-state index contributed by atoms with van der Waals surface area (Å²) < 4.78 is 5.60. The third kappa shape index (κ3) is 4.33. The maximum Gasteiger partial charge on any atom is 0.237 e. The van der Waals surface area contributed by atoms with Gasteiger partial charge in [-0.15, -0.1) is 0 Å². The molecule has 0 radical (unpaired) electrons. The molecule has 0 saturated carbocycles. The van der Waals surface area contributed by atoms with Gasteiger partial charge in [0.1, 0.15) is 0 Å². The van der Waals surface area contributed by atoms with Crippen molar-refractivity contribution >= 4 is 11.6 Å². The van der Waals surface area contributed by atoms with Crippen LogP contribution in [-0.2, 0) is 9.53 Å². The first-order valence-corrected chi connectivity index (χ1v) is 9.48. The van der Waals surface area contributed by atoms with Crippen molar-refractivity contribution in [3.05, 3.63) is 29.8 Å². The Labute approximate surface area is 151 Å². The molecule has 2 fully saturated rings. The maximum absolute atomic E-state index is 12.6. The number of amides is 1.